The van der Waals surface area contributed by atoms with Crippen LogP contribution in [-0.2, 0) is 11.2 Å². The summed E-state index contributed by atoms with van der Waals surface area (Å²) >= 11 is 11.2. The van der Waals surface area contributed by atoms with Crippen LogP contribution in [0.25, 0.3) is 0 Å². The highest BCUT2D eigenvalue weighted by atomic mass is 35.5. The maximum Gasteiger partial charge on any atom is 0.203 e. The fraction of sp³-hybridized carbons (Fsp3) is 0.217. The molecule has 2 aromatic carbocycles. The van der Waals surface area contributed by atoms with Gasteiger partial charge in [0.25, 0.3) is 0 Å². The molecule has 0 aliphatic carbocycles. The Morgan fingerprint density at radius 2 is 1.61 bits per heavy atom. The highest BCUT2D eigenvalue weighted by Crippen LogP contribution is 2.47. The summed E-state index contributed by atoms with van der Waals surface area (Å²) in [6.45, 7) is 0.210. The van der Waals surface area contributed by atoms with E-state index in [-0.39, 0.29) is 41.0 Å². The summed E-state index contributed by atoms with van der Waals surface area (Å²) in [4.78, 5) is 16.2. The summed E-state index contributed by atoms with van der Waals surface area (Å²) in [5, 5.41) is 0. The molecule has 0 N–H and O–H groups in total. The first-order valence-corrected chi connectivity index (χ1v) is 10.3. The minimum atomic E-state index is -0.962. The molecule has 0 saturated heterocycles. The molecule has 0 saturated carbocycles. The standard InChI is InChI=1S/C23H20Cl2FNO6/c1-29-18-8-7-16(17(13-28)21-19(32-24)11-27-12-20(21)33-25)22(23(18)30-2)31-10-9-14-3-5-15(26)6-4-14/h3-8,11-13,17H,9-10H2,1-2H3. The maximum absolute atomic E-state index is 13.2. The third-order valence-electron chi connectivity index (χ3n) is 4.94. The van der Waals surface area contributed by atoms with E-state index in [2.05, 4.69) is 4.98 Å². The molecule has 3 rings (SSSR count). The van der Waals surface area contributed by atoms with E-state index in [0.29, 0.717) is 24.0 Å². The molecule has 1 atom stereocenters. The summed E-state index contributed by atoms with van der Waals surface area (Å²) < 4.78 is 39.9. The number of aldehydes is 1. The lowest BCUT2D eigenvalue weighted by Gasteiger charge is -2.22. The number of carbonyl (C=O) groups excluding carboxylic acids is 1. The third kappa shape index (κ3) is 5.40. The third-order valence-corrected chi connectivity index (χ3v) is 5.28. The molecule has 1 aromatic heterocycles. The van der Waals surface area contributed by atoms with Gasteiger partial charge in [-0.3, -0.25) is 4.98 Å². The number of aromatic nitrogens is 1. The van der Waals surface area contributed by atoms with Crippen molar-refractivity contribution in [2.45, 2.75) is 12.3 Å². The molecule has 33 heavy (non-hydrogen) atoms. The average molecular weight is 496 g/mol. The first-order valence-electron chi connectivity index (χ1n) is 9.70. The topological polar surface area (TPSA) is 76.1 Å². The van der Waals surface area contributed by atoms with Crippen molar-refractivity contribution >= 4 is 30.0 Å². The Bertz CT molecular complexity index is 1070. The van der Waals surface area contributed by atoms with E-state index in [9.17, 15) is 9.18 Å². The van der Waals surface area contributed by atoms with Crippen molar-refractivity contribution in [3.05, 3.63) is 71.3 Å². The molecule has 0 aliphatic rings. The number of benzene rings is 2. The molecule has 0 amide bonds. The van der Waals surface area contributed by atoms with Gasteiger partial charge in [-0.25, -0.2) is 4.39 Å². The number of hydrogen-bond acceptors (Lipinski definition) is 7. The second-order valence-corrected chi connectivity index (χ2v) is 7.07. The van der Waals surface area contributed by atoms with Crippen molar-refractivity contribution < 1.29 is 32.0 Å². The lowest BCUT2D eigenvalue weighted by molar-refractivity contribution is -0.108. The Hall–Kier alpha value is -3.23. The van der Waals surface area contributed by atoms with Crippen molar-refractivity contribution in [1.29, 1.82) is 0 Å². The molecule has 0 fully saturated rings. The molecule has 10 heteroatoms. The number of pyridine rings is 1. The highest BCUT2D eigenvalue weighted by molar-refractivity contribution is 6.10. The summed E-state index contributed by atoms with van der Waals surface area (Å²) in [6.07, 6.45) is 3.80. The van der Waals surface area contributed by atoms with Crippen LogP contribution in [0, 0.1) is 5.82 Å². The van der Waals surface area contributed by atoms with E-state index in [4.69, 9.17) is 46.5 Å². The zero-order valence-electron chi connectivity index (χ0n) is 17.7. The minimum absolute atomic E-state index is 0.0824. The van der Waals surface area contributed by atoms with Crippen LogP contribution >= 0.6 is 23.7 Å². The van der Waals surface area contributed by atoms with Crippen LogP contribution in [0.3, 0.4) is 0 Å². The predicted molar refractivity (Wildman–Crippen MR) is 120 cm³/mol. The van der Waals surface area contributed by atoms with E-state index in [1.165, 1.54) is 38.7 Å². The number of halogens is 3. The predicted octanol–water partition coefficient (Wildman–Crippen LogP) is 5.26. The summed E-state index contributed by atoms with van der Waals surface area (Å²) in [7, 11) is 2.94. The van der Waals surface area contributed by atoms with Gasteiger partial charge in [0.05, 0.1) is 44.7 Å². The summed E-state index contributed by atoms with van der Waals surface area (Å²) in [5.74, 6) is -0.156. The zero-order valence-corrected chi connectivity index (χ0v) is 19.2. The van der Waals surface area contributed by atoms with Gasteiger partial charge in [-0.05, 0) is 23.8 Å². The number of rotatable bonds is 11. The summed E-state index contributed by atoms with van der Waals surface area (Å²) in [6, 6.07) is 9.38. The lowest BCUT2D eigenvalue weighted by Crippen LogP contribution is -2.11. The van der Waals surface area contributed by atoms with Crippen molar-refractivity contribution in [3.63, 3.8) is 0 Å². The Morgan fingerprint density at radius 3 is 2.15 bits per heavy atom. The van der Waals surface area contributed by atoms with Crippen molar-refractivity contribution in [2.75, 3.05) is 20.8 Å². The van der Waals surface area contributed by atoms with Crippen molar-refractivity contribution in [3.8, 4) is 28.7 Å². The van der Waals surface area contributed by atoms with Crippen LogP contribution in [0.4, 0.5) is 4.39 Å². The molecule has 174 valence electrons. The van der Waals surface area contributed by atoms with E-state index in [1.807, 2.05) is 0 Å². The number of hydrogen-bond donors (Lipinski definition) is 0. The molecule has 7 nitrogen and oxygen atoms in total. The van der Waals surface area contributed by atoms with Gasteiger partial charge in [0.1, 0.15) is 35.8 Å². The van der Waals surface area contributed by atoms with Gasteiger partial charge in [0.2, 0.25) is 5.75 Å². The van der Waals surface area contributed by atoms with Crippen LogP contribution in [0.2, 0.25) is 0 Å². The van der Waals surface area contributed by atoms with Crippen LogP contribution in [0.1, 0.15) is 22.6 Å². The van der Waals surface area contributed by atoms with E-state index >= 15 is 0 Å². The van der Waals surface area contributed by atoms with Gasteiger partial charge in [-0.1, -0.05) is 18.2 Å². The first-order chi connectivity index (χ1) is 16.1. The molecular weight excluding hydrogens is 476 g/mol. The normalized spacial score (nSPS) is 11.4. The van der Waals surface area contributed by atoms with Crippen LogP contribution in [0.15, 0.2) is 48.8 Å². The second kappa shape index (κ2) is 11.6. The Labute approximate surface area is 200 Å². The molecular formula is C23H20Cl2FNO6. The average Bonchev–Trinajstić information content (AvgIpc) is 2.85. The fourth-order valence-corrected chi connectivity index (χ4v) is 3.64. The van der Waals surface area contributed by atoms with Gasteiger partial charge < -0.3 is 27.6 Å². The number of methoxy groups -OCH3 is 2. The minimum Gasteiger partial charge on any atom is -0.493 e. The lowest BCUT2D eigenvalue weighted by atomic mass is 9.90. The van der Waals surface area contributed by atoms with Crippen LogP contribution < -0.4 is 22.8 Å². The van der Waals surface area contributed by atoms with Crippen molar-refractivity contribution in [1.82, 2.24) is 4.98 Å². The zero-order chi connectivity index (χ0) is 23.8. The van der Waals surface area contributed by atoms with Crippen LogP contribution in [-0.4, -0.2) is 32.1 Å². The van der Waals surface area contributed by atoms with Crippen molar-refractivity contribution in [2.24, 2.45) is 0 Å². The molecule has 0 radical (unpaired) electrons. The molecule has 0 bridgehead atoms. The monoisotopic (exact) mass is 495 g/mol. The van der Waals surface area contributed by atoms with E-state index in [0.717, 1.165) is 5.56 Å². The SMILES string of the molecule is COc1ccc(C(C=O)c2c(OCl)cncc2OCl)c(OCCc2ccc(F)cc2)c1OC. The number of ether oxygens (including phenoxy) is 3. The number of nitrogens with zero attached hydrogens (tertiary/aromatic N) is 1. The maximum atomic E-state index is 13.2. The smallest absolute Gasteiger partial charge is 0.203 e. The van der Waals surface area contributed by atoms with Gasteiger partial charge in [-0.15, -0.1) is 0 Å². The Kier molecular flexibility index (Phi) is 8.57. The largest absolute Gasteiger partial charge is 0.493 e. The molecule has 3 aromatic rings. The highest BCUT2D eigenvalue weighted by Gasteiger charge is 2.29. The Morgan fingerprint density at radius 1 is 0.939 bits per heavy atom. The fourth-order valence-electron chi connectivity index (χ4n) is 3.39. The molecule has 0 aliphatic heterocycles. The van der Waals surface area contributed by atoms with Gasteiger partial charge in [0, 0.05) is 12.0 Å². The second-order valence-electron chi connectivity index (χ2n) is 6.76. The van der Waals surface area contributed by atoms with Gasteiger partial charge >= 0.3 is 0 Å². The number of carbonyl (C=O) groups is 1. The summed E-state index contributed by atoms with van der Waals surface area (Å²) in [5.41, 5.74) is 1.55. The van der Waals surface area contributed by atoms with Crippen LogP contribution in [0.5, 0.6) is 28.7 Å². The van der Waals surface area contributed by atoms with E-state index in [1.54, 1.807) is 24.3 Å². The van der Waals surface area contributed by atoms with E-state index < -0.39 is 5.92 Å². The van der Waals surface area contributed by atoms with Gasteiger partial charge in [-0.2, -0.15) is 0 Å². The molecule has 1 unspecified atom stereocenters. The molecule has 1 heterocycles. The quantitative estimate of drug-likeness (QED) is 0.336. The first kappa shape index (κ1) is 24.4. The van der Waals surface area contributed by atoms with Gasteiger partial charge in [0.15, 0.2) is 23.0 Å². The molecule has 0 spiro atoms. The Balaban J connectivity index is 2.05.